The molecular weight excluding hydrogens is 226 g/mol. The van der Waals surface area contributed by atoms with E-state index in [1.165, 1.54) is 5.56 Å². The molecule has 2 aromatic rings. The molecule has 0 unspecified atom stereocenters. The summed E-state index contributed by atoms with van der Waals surface area (Å²) in [4.78, 5) is 8.73. The fraction of sp³-hybridized carbons (Fsp3) is 0.286. The van der Waals surface area contributed by atoms with E-state index in [0.29, 0.717) is 6.61 Å². The monoisotopic (exact) mass is 241 g/mol. The van der Waals surface area contributed by atoms with Crippen LogP contribution < -0.4 is 10.1 Å². The van der Waals surface area contributed by atoms with Gasteiger partial charge in [-0.2, -0.15) is 0 Å². The predicted molar refractivity (Wildman–Crippen MR) is 69.7 cm³/mol. The summed E-state index contributed by atoms with van der Waals surface area (Å²) < 4.78 is 5.73. The Bertz CT molecular complexity index is 569. The zero-order valence-electron chi connectivity index (χ0n) is 10.3. The number of anilines is 1. The molecule has 0 saturated heterocycles. The van der Waals surface area contributed by atoms with Gasteiger partial charge in [-0.1, -0.05) is 6.07 Å². The van der Waals surface area contributed by atoms with Gasteiger partial charge in [-0.05, 0) is 37.1 Å². The van der Waals surface area contributed by atoms with Gasteiger partial charge in [0.25, 0.3) is 0 Å². The van der Waals surface area contributed by atoms with Gasteiger partial charge in [0, 0.05) is 12.7 Å². The topological polar surface area (TPSA) is 47.0 Å². The van der Waals surface area contributed by atoms with Crippen molar-refractivity contribution in [3.63, 3.8) is 0 Å². The van der Waals surface area contributed by atoms with Gasteiger partial charge in [-0.3, -0.25) is 4.98 Å². The molecule has 3 rings (SSSR count). The summed E-state index contributed by atoms with van der Waals surface area (Å²) in [5.74, 6) is 1.81. The second-order valence-corrected chi connectivity index (χ2v) is 4.36. The average Bonchev–Trinajstić information content (AvgIpc) is 2.85. The third kappa shape index (κ3) is 2.14. The quantitative estimate of drug-likeness (QED) is 0.896. The van der Waals surface area contributed by atoms with Crippen molar-refractivity contribution in [1.82, 2.24) is 9.97 Å². The first kappa shape index (κ1) is 11.0. The number of hydrogen-bond acceptors (Lipinski definition) is 4. The van der Waals surface area contributed by atoms with Crippen LogP contribution in [0.1, 0.15) is 17.0 Å². The number of aryl methyl sites for hydroxylation is 1. The van der Waals surface area contributed by atoms with E-state index < -0.39 is 0 Å². The lowest BCUT2D eigenvalue weighted by Crippen LogP contribution is -2.02. The number of nitrogens with zero attached hydrogens (tertiary/aromatic N) is 2. The van der Waals surface area contributed by atoms with Crippen molar-refractivity contribution in [1.29, 1.82) is 0 Å². The molecule has 0 amide bonds. The molecule has 0 fully saturated rings. The van der Waals surface area contributed by atoms with Crippen LogP contribution >= 0.6 is 0 Å². The molecular formula is C14H15N3O. The summed E-state index contributed by atoms with van der Waals surface area (Å²) in [6.07, 6.45) is 2.82. The van der Waals surface area contributed by atoms with Crippen LogP contribution in [0.4, 0.5) is 5.82 Å². The van der Waals surface area contributed by atoms with Crippen LogP contribution in [-0.2, 0) is 13.0 Å². The van der Waals surface area contributed by atoms with E-state index in [2.05, 4.69) is 21.4 Å². The Morgan fingerprint density at radius 2 is 2.28 bits per heavy atom. The number of aromatic nitrogens is 2. The van der Waals surface area contributed by atoms with Gasteiger partial charge < -0.3 is 10.1 Å². The Balaban J connectivity index is 1.72. The predicted octanol–water partition coefficient (Wildman–Crippen LogP) is 2.33. The minimum Gasteiger partial charge on any atom is -0.485 e. The third-order valence-electron chi connectivity index (χ3n) is 3.06. The maximum Gasteiger partial charge on any atom is 0.141 e. The van der Waals surface area contributed by atoms with Crippen LogP contribution in [-0.4, -0.2) is 16.5 Å². The highest BCUT2D eigenvalue weighted by Gasteiger charge is 2.11. The van der Waals surface area contributed by atoms with Gasteiger partial charge in [0.1, 0.15) is 18.2 Å². The molecule has 2 aromatic heterocycles. The van der Waals surface area contributed by atoms with Gasteiger partial charge in [-0.15, -0.1) is 0 Å². The van der Waals surface area contributed by atoms with Gasteiger partial charge in [0.15, 0.2) is 0 Å². The zero-order valence-corrected chi connectivity index (χ0v) is 10.3. The minimum atomic E-state index is 0.474. The second-order valence-electron chi connectivity index (χ2n) is 4.36. The standard InChI is InChI=1S/C14H15N3O/c1-10-13(3-2-7-15-10)18-9-12-5-4-11-6-8-16-14(11)17-12/h2-5,7H,6,8-9H2,1H3,(H,16,17). The molecule has 0 bridgehead atoms. The molecule has 18 heavy (non-hydrogen) atoms. The van der Waals surface area contributed by atoms with Gasteiger partial charge in [0.2, 0.25) is 0 Å². The van der Waals surface area contributed by atoms with Crippen LogP contribution in [0.3, 0.4) is 0 Å². The molecule has 0 aromatic carbocycles. The van der Waals surface area contributed by atoms with Crippen molar-refractivity contribution in [3.05, 3.63) is 47.4 Å². The maximum absolute atomic E-state index is 5.73. The molecule has 0 aliphatic carbocycles. The second kappa shape index (κ2) is 4.64. The number of ether oxygens (including phenoxy) is 1. The molecule has 0 radical (unpaired) electrons. The molecule has 1 aliphatic heterocycles. The summed E-state index contributed by atoms with van der Waals surface area (Å²) in [5, 5.41) is 3.27. The maximum atomic E-state index is 5.73. The fourth-order valence-electron chi connectivity index (χ4n) is 2.05. The smallest absolute Gasteiger partial charge is 0.141 e. The summed E-state index contributed by atoms with van der Waals surface area (Å²) in [7, 11) is 0. The molecule has 1 N–H and O–H groups in total. The Morgan fingerprint density at radius 1 is 1.33 bits per heavy atom. The van der Waals surface area contributed by atoms with E-state index in [0.717, 1.165) is 35.9 Å². The van der Waals surface area contributed by atoms with Crippen molar-refractivity contribution in [2.75, 3.05) is 11.9 Å². The first-order valence-electron chi connectivity index (χ1n) is 6.10. The molecule has 92 valence electrons. The highest BCUT2D eigenvalue weighted by molar-refractivity contribution is 5.49. The lowest BCUT2D eigenvalue weighted by Gasteiger charge is -2.08. The van der Waals surface area contributed by atoms with E-state index in [4.69, 9.17) is 4.74 Å². The lowest BCUT2D eigenvalue weighted by molar-refractivity contribution is 0.298. The summed E-state index contributed by atoms with van der Waals surface area (Å²) in [5.41, 5.74) is 3.12. The van der Waals surface area contributed by atoms with Crippen molar-refractivity contribution in [2.24, 2.45) is 0 Å². The molecule has 0 spiro atoms. The molecule has 1 aliphatic rings. The summed E-state index contributed by atoms with van der Waals surface area (Å²) >= 11 is 0. The number of rotatable bonds is 3. The van der Waals surface area contributed by atoms with Crippen LogP contribution in [0.15, 0.2) is 30.5 Å². The highest BCUT2D eigenvalue weighted by Crippen LogP contribution is 2.21. The zero-order chi connectivity index (χ0) is 12.4. The van der Waals surface area contributed by atoms with E-state index in [1.54, 1.807) is 6.20 Å². The Kier molecular flexibility index (Phi) is 2.84. The van der Waals surface area contributed by atoms with E-state index >= 15 is 0 Å². The Labute approximate surface area is 106 Å². The van der Waals surface area contributed by atoms with Crippen molar-refractivity contribution < 1.29 is 4.74 Å². The number of nitrogens with one attached hydrogen (secondary N) is 1. The van der Waals surface area contributed by atoms with E-state index in [-0.39, 0.29) is 0 Å². The summed E-state index contributed by atoms with van der Waals surface area (Å²) in [6, 6.07) is 7.95. The largest absolute Gasteiger partial charge is 0.485 e. The molecule has 4 nitrogen and oxygen atoms in total. The Hall–Kier alpha value is -2.10. The van der Waals surface area contributed by atoms with Gasteiger partial charge >= 0.3 is 0 Å². The van der Waals surface area contributed by atoms with Crippen molar-refractivity contribution in [3.8, 4) is 5.75 Å². The van der Waals surface area contributed by atoms with Gasteiger partial charge in [-0.25, -0.2) is 4.98 Å². The van der Waals surface area contributed by atoms with E-state index in [9.17, 15) is 0 Å². The van der Waals surface area contributed by atoms with Crippen molar-refractivity contribution >= 4 is 5.82 Å². The normalized spacial score (nSPS) is 12.9. The van der Waals surface area contributed by atoms with E-state index in [1.807, 2.05) is 25.1 Å². The molecule has 3 heterocycles. The fourth-order valence-corrected chi connectivity index (χ4v) is 2.05. The molecule has 0 saturated carbocycles. The average molecular weight is 241 g/mol. The number of pyridine rings is 2. The van der Waals surface area contributed by atoms with Crippen molar-refractivity contribution in [2.45, 2.75) is 20.0 Å². The SMILES string of the molecule is Cc1ncccc1OCc1ccc2c(n1)NCC2. The van der Waals surface area contributed by atoms with Crippen LogP contribution in [0, 0.1) is 6.92 Å². The number of fused-ring (bicyclic) bond motifs is 1. The van der Waals surface area contributed by atoms with Crippen LogP contribution in [0.2, 0.25) is 0 Å². The Morgan fingerprint density at radius 3 is 3.17 bits per heavy atom. The molecule has 4 heteroatoms. The third-order valence-corrected chi connectivity index (χ3v) is 3.06. The first-order valence-corrected chi connectivity index (χ1v) is 6.10. The number of hydrogen-bond donors (Lipinski definition) is 1. The molecule has 0 atom stereocenters. The highest BCUT2D eigenvalue weighted by atomic mass is 16.5. The first-order chi connectivity index (χ1) is 8.83. The lowest BCUT2D eigenvalue weighted by atomic mass is 10.2. The van der Waals surface area contributed by atoms with Gasteiger partial charge in [0.05, 0.1) is 11.4 Å². The minimum absolute atomic E-state index is 0.474. The van der Waals surface area contributed by atoms with Crippen LogP contribution in [0.5, 0.6) is 5.75 Å². The summed E-state index contributed by atoms with van der Waals surface area (Å²) in [6.45, 7) is 3.39. The van der Waals surface area contributed by atoms with Crippen LogP contribution in [0.25, 0.3) is 0 Å².